The first-order valence-corrected chi connectivity index (χ1v) is 11.5. The van der Waals surface area contributed by atoms with Gasteiger partial charge in [-0.3, -0.25) is 14.9 Å². The van der Waals surface area contributed by atoms with Gasteiger partial charge < -0.3 is 5.32 Å². The van der Waals surface area contributed by atoms with Gasteiger partial charge in [-0.15, -0.1) is 0 Å². The van der Waals surface area contributed by atoms with Crippen LogP contribution in [-0.2, 0) is 20.6 Å². The molecule has 0 unspecified atom stereocenters. The smallest absolute Gasteiger partial charge is 0.271 e. The van der Waals surface area contributed by atoms with Crippen molar-refractivity contribution in [1.82, 2.24) is 4.31 Å². The molecular formula is C19H19Cl2N3O5S. The number of nitrogens with zero attached hydrogens (tertiary/aromatic N) is 2. The summed E-state index contributed by atoms with van der Waals surface area (Å²) in [5.41, 5.74) is 0.590. The summed E-state index contributed by atoms with van der Waals surface area (Å²) in [7, 11) is -3.69. The molecule has 11 heteroatoms. The number of amides is 1. The van der Waals surface area contributed by atoms with Crippen molar-refractivity contribution >= 4 is 50.5 Å². The SMILES string of the molecule is O=C(Nc1cccc([N+](=O)[O-])c1)[C@H]1CCCN(S(=O)(=O)Cc2ccc(Cl)cc2Cl)C1. The summed E-state index contributed by atoms with van der Waals surface area (Å²) >= 11 is 12.0. The minimum atomic E-state index is -3.69. The lowest BCUT2D eigenvalue weighted by molar-refractivity contribution is -0.384. The fourth-order valence-corrected chi connectivity index (χ4v) is 5.47. The van der Waals surface area contributed by atoms with Crippen molar-refractivity contribution in [2.45, 2.75) is 18.6 Å². The van der Waals surface area contributed by atoms with Crippen LogP contribution in [-0.4, -0.2) is 36.6 Å². The third-order valence-corrected chi connectivity index (χ3v) is 7.21. The Balaban J connectivity index is 1.68. The first-order valence-electron chi connectivity index (χ1n) is 9.13. The molecule has 1 saturated heterocycles. The van der Waals surface area contributed by atoms with Gasteiger partial charge in [-0.25, -0.2) is 12.7 Å². The number of nitrogens with one attached hydrogen (secondary N) is 1. The van der Waals surface area contributed by atoms with Crippen LogP contribution in [0.1, 0.15) is 18.4 Å². The van der Waals surface area contributed by atoms with E-state index in [-0.39, 0.29) is 28.9 Å². The number of non-ortho nitro benzene ring substituents is 1. The number of halogens is 2. The Morgan fingerprint density at radius 3 is 2.70 bits per heavy atom. The number of carbonyl (C=O) groups excluding carboxylic acids is 1. The second-order valence-corrected chi connectivity index (χ2v) is 9.80. The van der Waals surface area contributed by atoms with Crippen LogP contribution in [0, 0.1) is 16.0 Å². The molecule has 1 fully saturated rings. The van der Waals surface area contributed by atoms with Gasteiger partial charge in [0, 0.05) is 41.0 Å². The number of benzene rings is 2. The Labute approximate surface area is 184 Å². The molecule has 0 radical (unpaired) electrons. The van der Waals surface area contributed by atoms with Gasteiger partial charge in [-0.2, -0.15) is 0 Å². The Morgan fingerprint density at radius 1 is 1.23 bits per heavy atom. The van der Waals surface area contributed by atoms with E-state index < -0.39 is 20.9 Å². The highest BCUT2D eigenvalue weighted by Gasteiger charge is 2.33. The van der Waals surface area contributed by atoms with Gasteiger partial charge >= 0.3 is 0 Å². The maximum Gasteiger partial charge on any atom is 0.271 e. The zero-order valence-corrected chi connectivity index (χ0v) is 18.1. The summed E-state index contributed by atoms with van der Waals surface area (Å²) in [5.74, 6) is -1.23. The van der Waals surface area contributed by atoms with Crippen molar-refractivity contribution in [3.63, 3.8) is 0 Å². The molecule has 2 aromatic rings. The lowest BCUT2D eigenvalue weighted by atomic mass is 9.98. The first-order chi connectivity index (χ1) is 14.2. The summed E-state index contributed by atoms with van der Waals surface area (Å²) in [4.78, 5) is 23.0. The Bertz CT molecular complexity index is 1080. The number of anilines is 1. The van der Waals surface area contributed by atoms with Crippen LogP contribution in [0.15, 0.2) is 42.5 Å². The van der Waals surface area contributed by atoms with Crippen molar-refractivity contribution in [1.29, 1.82) is 0 Å². The number of nitro groups is 1. The van der Waals surface area contributed by atoms with Crippen LogP contribution < -0.4 is 5.32 Å². The zero-order valence-electron chi connectivity index (χ0n) is 15.8. The third kappa shape index (κ3) is 5.48. The Morgan fingerprint density at radius 2 is 2.00 bits per heavy atom. The number of hydrogen-bond acceptors (Lipinski definition) is 5. The van der Waals surface area contributed by atoms with Crippen molar-refractivity contribution < 1.29 is 18.1 Å². The van der Waals surface area contributed by atoms with Gasteiger partial charge in [0.05, 0.1) is 16.6 Å². The quantitative estimate of drug-likeness (QED) is 0.503. The number of hydrogen-bond donors (Lipinski definition) is 1. The first kappa shape index (κ1) is 22.5. The maximum absolute atomic E-state index is 12.9. The molecule has 1 aliphatic rings. The molecule has 1 heterocycles. The Hall–Kier alpha value is -2.20. The standard InChI is InChI=1S/C19H19Cl2N3O5S/c20-15-7-6-14(18(21)9-15)12-30(28,29)23-8-2-3-13(11-23)19(25)22-16-4-1-5-17(10-16)24(26)27/h1,4-7,9-10,13H,2-3,8,11-12H2,(H,22,25)/t13-/m0/s1. The molecule has 1 atom stereocenters. The molecule has 160 valence electrons. The molecule has 30 heavy (non-hydrogen) atoms. The van der Waals surface area contributed by atoms with E-state index in [4.69, 9.17) is 23.2 Å². The van der Waals surface area contributed by atoms with Crippen LogP contribution in [0.5, 0.6) is 0 Å². The summed E-state index contributed by atoms with van der Waals surface area (Å²) in [6, 6.07) is 10.2. The van der Waals surface area contributed by atoms with E-state index in [0.717, 1.165) is 0 Å². The van der Waals surface area contributed by atoms with Crippen molar-refractivity contribution in [2.75, 3.05) is 18.4 Å². The molecule has 2 aromatic carbocycles. The van der Waals surface area contributed by atoms with E-state index in [1.165, 1.54) is 28.6 Å². The summed E-state index contributed by atoms with van der Waals surface area (Å²) in [6.45, 7) is 0.350. The number of carbonyl (C=O) groups is 1. The highest BCUT2D eigenvalue weighted by atomic mass is 35.5. The molecule has 0 spiro atoms. The van der Waals surface area contributed by atoms with E-state index in [9.17, 15) is 23.3 Å². The summed E-state index contributed by atoms with van der Waals surface area (Å²) in [5, 5.41) is 14.2. The third-order valence-electron chi connectivity index (χ3n) is 4.83. The van der Waals surface area contributed by atoms with E-state index in [1.807, 2.05) is 0 Å². The molecule has 0 aliphatic carbocycles. The number of sulfonamides is 1. The molecule has 0 saturated carbocycles. The lowest BCUT2D eigenvalue weighted by Gasteiger charge is -2.31. The second-order valence-electron chi connectivity index (χ2n) is 6.99. The van der Waals surface area contributed by atoms with E-state index in [0.29, 0.717) is 35.7 Å². The average Bonchev–Trinajstić information content (AvgIpc) is 2.70. The second kappa shape index (κ2) is 9.30. The monoisotopic (exact) mass is 471 g/mol. The molecule has 0 bridgehead atoms. The number of rotatable bonds is 6. The van der Waals surface area contributed by atoms with Crippen LogP contribution in [0.3, 0.4) is 0 Å². The topological polar surface area (TPSA) is 110 Å². The predicted molar refractivity (Wildman–Crippen MR) is 115 cm³/mol. The largest absolute Gasteiger partial charge is 0.326 e. The van der Waals surface area contributed by atoms with Gasteiger partial charge in [-0.1, -0.05) is 35.3 Å². The maximum atomic E-state index is 12.9. The van der Waals surface area contributed by atoms with Crippen LogP contribution in [0.4, 0.5) is 11.4 Å². The summed E-state index contributed by atoms with van der Waals surface area (Å²) < 4.78 is 27.0. The molecule has 8 nitrogen and oxygen atoms in total. The highest BCUT2D eigenvalue weighted by molar-refractivity contribution is 7.88. The predicted octanol–water partition coefficient (Wildman–Crippen LogP) is 4.08. The minimum absolute atomic E-state index is 0.0360. The van der Waals surface area contributed by atoms with E-state index >= 15 is 0 Å². The molecular weight excluding hydrogens is 453 g/mol. The van der Waals surface area contributed by atoms with E-state index in [2.05, 4.69) is 5.32 Å². The van der Waals surface area contributed by atoms with Gasteiger partial charge in [0.15, 0.2) is 0 Å². The van der Waals surface area contributed by atoms with Crippen molar-refractivity contribution in [3.8, 4) is 0 Å². The molecule has 1 N–H and O–H groups in total. The van der Waals surface area contributed by atoms with Gasteiger partial charge in [0.1, 0.15) is 0 Å². The average molecular weight is 472 g/mol. The Kier molecular flexibility index (Phi) is 6.97. The zero-order chi connectivity index (χ0) is 21.9. The van der Waals surface area contributed by atoms with E-state index in [1.54, 1.807) is 18.2 Å². The minimum Gasteiger partial charge on any atom is -0.326 e. The number of piperidine rings is 1. The van der Waals surface area contributed by atoms with Crippen molar-refractivity contribution in [3.05, 3.63) is 68.2 Å². The molecule has 0 aromatic heterocycles. The van der Waals surface area contributed by atoms with Crippen LogP contribution >= 0.6 is 23.2 Å². The van der Waals surface area contributed by atoms with Crippen LogP contribution in [0.2, 0.25) is 10.0 Å². The highest BCUT2D eigenvalue weighted by Crippen LogP contribution is 2.27. The van der Waals surface area contributed by atoms with Gasteiger partial charge in [-0.05, 0) is 36.6 Å². The normalized spacial score (nSPS) is 17.5. The molecule has 1 amide bonds. The van der Waals surface area contributed by atoms with Crippen LogP contribution in [0.25, 0.3) is 0 Å². The fourth-order valence-electron chi connectivity index (χ4n) is 3.28. The van der Waals surface area contributed by atoms with Gasteiger partial charge in [0.25, 0.3) is 5.69 Å². The van der Waals surface area contributed by atoms with Gasteiger partial charge in [0.2, 0.25) is 15.9 Å². The number of nitro benzene ring substituents is 1. The lowest BCUT2D eigenvalue weighted by Crippen LogP contribution is -2.44. The molecule has 3 rings (SSSR count). The fraction of sp³-hybridized carbons (Fsp3) is 0.316. The van der Waals surface area contributed by atoms with Crippen molar-refractivity contribution in [2.24, 2.45) is 5.92 Å². The summed E-state index contributed by atoms with van der Waals surface area (Å²) in [6.07, 6.45) is 1.05. The molecule has 1 aliphatic heterocycles.